The van der Waals surface area contributed by atoms with Crippen molar-refractivity contribution in [2.75, 3.05) is 25.7 Å². The summed E-state index contributed by atoms with van der Waals surface area (Å²) in [5.74, 6) is -0.618. The van der Waals surface area contributed by atoms with Crippen LogP contribution in [0.5, 0.6) is 0 Å². The first-order chi connectivity index (χ1) is 9.11. The first kappa shape index (κ1) is 13.7. The van der Waals surface area contributed by atoms with E-state index in [-0.39, 0.29) is 11.7 Å². The van der Waals surface area contributed by atoms with Crippen molar-refractivity contribution in [3.8, 4) is 0 Å². The number of ether oxygens (including phenoxy) is 1. The maximum atomic E-state index is 13.1. The molecule has 0 amide bonds. The highest BCUT2D eigenvalue weighted by atomic mass is 19.1. The maximum absolute atomic E-state index is 13.1. The number of methoxy groups -OCH3 is 1. The summed E-state index contributed by atoms with van der Waals surface area (Å²) in [6, 6.07) is 3.69. The third-order valence-electron chi connectivity index (χ3n) is 3.16. The molecule has 1 N–H and O–H groups in total. The van der Waals surface area contributed by atoms with E-state index in [1.54, 1.807) is 7.11 Å². The molecule has 2 rings (SSSR count). The van der Waals surface area contributed by atoms with Gasteiger partial charge in [0.25, 0.3) is 5.69 Å². The summed E-state index contributed by atoms with van der Waals surface area (Å²) in [7, 11) is 1.62. The Morgan fingerprint density at radius 2 is 2.42 bits per heavy atom. The Morgan fingerprint density at radius 1 is 1.63 bits per heavy atom. The number of hydrogen-bond acceptors (Lipinski definition) is 5. The molecular weight excluding hydrogens is 253 g/mol. The Balaban J connectivity index is 2.16. The van der Waals surface area contributed by atoms with Crippen LogP contribution >= 0.6 is 0 Å². The van der Waals surface area contributed by atoms with E-state index in [2.05, 4.69) is 5.43 Å². The van der Waals surface area contributed by atoms with Crippen LogP contribution in [0.1, 0.15) is 12.8 Å². The maximum Gasteiger partial charge on any atom is 0.296 e. The molecule has 0 bridgehead atoms. The van der Waals surface area contributed by atoms with E-state index in [4.69, 9.17) is 4.74 Å². The van der Waals surface area contributed by atoms with Crippen LogP contribution in [0.3, 0.4) is 0 Å². The first-order valence-electron chi connectivity index (χ1n) is 6.08. The Hall–Kier alpha value is -1.73. The molecule has 6 nitrogen and oxygen atoms in total. The van der Waals surface area contributed by atoms with E-state index in [1.165, 1.54) is 12.1 Å². The minimum Gasteiger partial charge on any atom is -0.383 e. The van der Waals surface area contributed by atoms with Crippen molar-refractivity contribution in [1.29, 1.82) is 0 Å². The Kier molecular flexibility index (Phi) is 4.28. The van der Waals surface area contributed by atoms with Gasteiger partial charge in [0.2, 0.25) is 0 Å². The lowest BCUT2D eigenvalue weighted by atomic mass is 10.2. The third kappa shape index (κ3) is 3.18. The molecule has 1 unspecified atom stereocenters. The van der Waals surface area contributed by atoms with Crippen molar-refractivity contribution in [2.45, 2.75) is 18.9 Å². The monoisotopic (exact) mass is 269 g/mol. The smallest absolute Gasteiger partial charge is 0.296 e. The normalized spacial score (nSPS) is 19.6. The molecule has 7 heteroatoms. The molecule has 1 saturated heterocycles. The summed E-state index contributed by atoms with van der Waals surface area (Å²) in [5, 5.41) is 12.8. The fraction of sp³-hybridized carbons (Fsp3) is 0.500. The van der Waals surface area contributed by atoms with Gasteiger partial charge in [-0.1, -0.05) is 0 Å². The topological polar surface area (TPSA) is 67.6 Å². The van der Waals surface area contributed by atoms with Gasteiger partial charge in [-0.3, -0.25) is 10.1 Å². The van der Waals surface area contributed by atoms with Crippen LogP contribution in [0.4, 0.5) is 15.8 Å². The average molecular weight is 269 g/mol. The van der Waals surface area contributed by atoms with Crippen molar-refractivity contribution >= 4 is 11.4 Å². The van der Waals surface area contributed by atoms with Gasteiger partial charge in [-0.25, -0.2) is 9.40 Å². The molecule has 0 spiro atoms. The number of halogens is 1. The summed E-state index contributed by atoms with van der Waals surface area (Å²) in [4.78, 5) is 10.3. The number of nitro groups is 1. The molecule has 1 atom stereocenters. The quantitative estimate of drug-likeness (QED) is 0.655. The van der Waals surface area contributed by atoms with Crippen molar-refractivity contribution in [1.82, 2.24) is 5.01 Å². The highest BCUT2D eigenvalue weighted by Gasteiger charge is 2.26. The second-order valence-corrected chi connectivity index (χ2v) is 4.48. The summed E-state index contributed by atoms with van der Waals surface area (Å²) in [5.41, 5.74) is 3.04. The molecule has 1 aliphatic heterocycles. The van der Waals surface area contributed by atoms with Crippen molar-refractivity contribution in [2.24, 2.45) is 0 Å². The molecule has 1 aliphatic rings. The summed E-state index contributed by atoms with van der Waals surface area (Å²) in [6.45, 7) is 1.34. The minimum atomic E-state index is -0.618. The molecule has 0 aliphatic carbocycles. The van der Waals surface area contributed by atoms with Crippen LogP contribution in [0.15, 0.2) is 18.2 Å². The van der Waals surface area contributed by atoms with Crippen LogP contribution in [-0.2, 0) is 4.74 Å². The summed E-state index contributed by atoms with van der Waals surface area (Å²) >= 11 is 0. The SMILES string of the molecule is COCC1CCCN1Nc1ccc(F)cc1[N+](=O)[O-]. The van der Waals surface area contributed by atoms with Gasteiger partial charge in [0.05, 0.1) is 23.6 Å². The van der Waals surface area contributed by atoms with Crippen molar-refractivity contribution < 1.29 is 14.1 Å². The van der Waals surface area contributed by atoms with E-state index in [0.29, 0.717) is 12.3 Å². The Bertz CT molecular complexity index is 470. The molecule has 0 radical (unpaired) electrons. The predicted molar refractivity (Wildman–Crippen MR) is 68.3 cm³/mol. The number of nitro benzene ring substituents is 1. The zero-order valence-electron chi connectivity index (χ0n) is 10.6. The van der Waals surface area contributed by atoms with Gasteiger partial charge in [-0.05, 0) is 25.0 Å². The van der Waals surface area contributed by atoms with Gasteiger partial charge in [0, 0.05) is 13.7 Å². The number of benzene rings is 1. The molecule has 1 fully saturated rings. The summed E-state index contributed by atoms with van der Waals surface area (Å²) < 4.78 is 18.2. The predicted octanol–water partition coefficient (Wildman–Crippen LogP) is 2.17. The van der Waals surface area contributed by atoms with E-state index in [0.717, 1.165) is 25.5 Å². The largest absolute Gasteiger partial charge is 0.383 e. The van der Waals surface area contributed by atoms with Crippen LogP contribution in [-0.4, -0.2) is 36.2 Å². The van der Waals surface area contributed by atoms with Crippen LogP contribution in [0, 0.1) is 15.9 Å². The molecule has 0 saturated carbocycles. The number of hydrazine groups is 1. The van der Waals surface area contributed by atoms with E-state index in [1.807, 2.05) is 5.01 Å². The molecule has 1 heterocycles. The van der Waals surface area contributed by atoms with Gasteiger partial charge in [-0.2, -0.15) is 0 Å². The lowest BCUT2D eigenvalue weighted by Gasteiger charge is -2.25. The van der Waals surface area contributed by atoms with Crippen molar-refractivity contribution in [3.63, 3.8) is 0 Å². The van der Waals surface area contributed by atoms with E-state index in [9.17, 15) is 14.5 Å². The van der Waals surface area contributed by atoms with Gasteiger partial charge >= 0.3 is 0 Å². The molecule has 1 aromatic rings. The zero-order valence-corrected chi connectivity index (χ0v) is 10.6. The fourth-order valence-corrected chi connectivity index (χ4v) is 2.25. The van der Waals surface area contributed by atoms with Gasteiger partial charge in [0.15, 0.2) is 0 Å². The van der Waals surface area contributed by atoms with Crippen LogP contribution in [0.25, 0.3) is 0 Å². The Morgan fingerprint density at radius 3 is 3.11 bits per heavy atom. The molecule has 104 valence electrons. The van der Waals surface area contributed by atoms with E-state index < -0.39 is 10.7 Å². The first-order valence-corrected chi connectivity index (χ1v) is 6.08. The zero-order chi connectivity index (χ0) is 13.8. The fourth-order valence-electron chi connectivity index (χ4n) is 2.25. The highest BCUT2D eigenvalue weighted by Crippen LogP contribution is 2.27. The lowest BCUT2D eigenvalue weighted by Crippen LogP contribution is -2.37. The number of rotatable bonds is 5. The number of nitrogens with one attached hydrogen (secondary N) is 1. The second kappa shape index (κ2) is 5.94. The lowest BCUT2D eigenvalue weighted by molar-refractivity contribution is -0.384. The highest BCUT2D eigenvalue weighted by molar-refractivity contribution is 5.60. The molecule has 0 aromatic heterocycles. The minimum absolute atomic E-state index is 0.176. The van der Waals surface area contributed by atoms with Gasteiger partial charge in [-0.15, -0.1) is 0 Å². The van der Waals surface area contributed by atoms with Crippen molar-refractivity contribution in [3.05, 3.63) is 34.1 Å². The molecule has 1 aromatic carbocycles. The van der Waals surface area contributed by atoms with Gasteiger partial charge in [0.1, 0.15) is 11.5 Å². The molecule has 19 heavy (non-hydrogen) atoms. The number of anilines is 1. The van der Waals surface area contributed by atoms with Crippen LogP contribution in [0.2, 0.25) is 0 Å². The number of nitrogens with zero attached hydrogens (tertiary/aromatic N) is 2. The second-order valence-electron chi connectivity index (χ2n) is 4.48. The van der Waals surface area contributed by atoms with Gasteiger partial charge < -0.3 is 10.2 Å². The third-order valence-corrected chi connectivity index (χ3v) is 3.16. The molecular formula is C12H16FN3O3. The number of hydrogen-bond donors (Lipinski definition) is 1. The average Bonchev–Trinajstić information content (AvgIpc) is 2.79. The van der Waals surface area contributed by atoms with E-state index >= 15 is 0 Å². The Labute approximate surface area is 110 Å². The summed E-state index contributed by atoms with van der Waals surface area (Å²) in [6.07, 6.45) is 1.96. The standard InChI is InChI=1S/C12H16FN3O3/c1-19-8-10-3-2-6-15(10)14-11-5-4-9(13)7-12(11)16(17)18/h4-5,7,10,14H,2-3,6,8H2,1H3. The van der Waals surface area contributed by atoms with Crippen LogP contribution < -0.4 is 5.43 Å².